The van der Waals surface area contributed by atoms with Crippen LogP contribution in [0.2, 0.25) is 0 Å². The van der Waals surface area contributed by atoms with Gasteiger partial charge in [-0.1, -0.05) is 0 Å². The van der Waals surface area contributed by atoms with Crippen molar-refractivity contribution in [3.05, 3.63) is 23.8 Å². The Labute approximate surface area is 128 Å². The summed E-state index contributed by atoms with van der Waals surface area (Å²) in [5.74, 6) is 0.710. The van der Waals surface area contributed by atoms with E-state index in [1.54, 1.807) is 12.1 Å². The number of likely N-dealkylation sites (tertiary alicyclic amines) is 1. The molecule has 1 N–H and O–H groups in total. The molecule has 0 saturated carbocycles. The van der Waals surface area contributed by atoms with Gasteiger partial charge in [-0.25, -0.2) is 0 Å². The van der Waals surface area contributed by atoms with Crippen molar-refractivity contribution >= 4 is 0 Å². The van der Waals surface area contributed by atoms with Crippen LogP contribution in [0, 0.1) is 0 Å². The molecule has 2 heterocycles. The van der Waals surface area contributed by atoms with Gasteiger partial charge < -0.3 is 14.6 Å². The highest BCUT2D eigenvalue weighted by atomic mass is 19.3. The highest BCUT2D eigenvalue weighted by Gasteiger charge is 2.45. The molecule has 0 spiro atoms. The zero-order valence-corrected chi connectivity index (χ0v) is 12.8. The Bertz CT molecular complexity index is 544. The lowest BCUT2D eigenvalue weighted by Crippen LogP contribution is -2.53. The fourth-order valence-corrected chi connectivity index (χ4v) is 3.34. The summed E-state index contributed by atoms with van der Waals surface area (Å²) in [4.78, 5) is 2.19. The van der Waals surface area contributed by atoms with Crippen molar-refractivity contribution in [1.82, 2.24) is 4.90 Å². The first kappa shape index (κ1) is 15.5. The maximum absolute atomic E-state index is 12.4. The predicted octanol–water partition coefficient (Wildman–Crippen LogP) is 2.96. The van der Waals surface area contributed by atoms with Gasteiger partial charge in [0.25, 0.3) is 0 Å². The van der Waals surface area contributed by atoms with Crippen LogP contribution in [-0.2, 0) is 0 Å². The van der Waals surface area contributed by atoms with Gasteiger partial charge in [0, 0.05) is 5.56 Å². The Morgan fingerprint density at radius 1 is 1.32 bits per heavy atom. The zero-order valence-electron chi connectivity index (χ0n) is 12.8. The molecular weight excluding hydrogens is 292 g/mol. The van der Waals surface area contributed by atoms with Crippen molar-refractivity contribution in [2.45, 2.75) is 51.0 Å². The number of aliphatic hydroxyl groups excluding tert-OH is 1. The number of benzene rings is 1. The Morgan fingerprint density at radius 2 is 2.00 bits per heavy atom. The van der Waals surface area contributed by atoms with Gasteiger partial charge in [-0.2, -0.15) is 8.78 Å². The van der Waals surface area contributed by atoms with E-state index in [4.69, 9.17) is 4.74 Å². The molecule has 0 amide bonds. The maximum atomic E-state index is 12.4. The average Bonchev–Trinajstić information content (AvgIpc) is 2.93. The summed E-state index contributed by atoms with van der Waals surface area (Å²) in [6, 6.07) is 4.41. The van der Waals surface area contributed by atoms with Gasteiger partial charge in [0.2, 0.25) is 0 Å². The second-order valence-corrected chi connectivity index (χ2v) is 6.42. The van der Waals surface area contributed by atoms with Gasteiger partial charge >= 0.3 is 6.61 Å². The Morgan fingerprint density at radius 3 is 2.64 bits per heavy atom. The van der Waals surface area contributed by atoms with Crippen molar-refractivity contribution in [1.29, 1.82) is 0 Å². The van der Waals surface area contributed by atoms with Crippen LogP contribution in [0.5, 0.6) is 11.5 Å². The molecule has 22 heavy (non-hydrogen) atoms. The molecule has 1 aromatic carbocycles. The summed E-state index contributed by atoms with van der Waals surface area (Å²) >= 11 is 0. The van der Waals surface area contributed by atoms with E-state index in [-0.39, 0.29) is 11.8 Å². The van der Waals surface area contributed by atoms with Gasteiger partial charge in [-0.15, -0.1) is 0 Å². The fraction of sp³-hybridized carbons (Fsp3) is 0.625. The molecule has 2 atom stereocenters. The lowest BCUT2D eigenvalue weighted by Gasteiger charge is -2.45. The second kappa shape index (κ2) is 5.66. The smallest absolute Gasteiger partial charge is 0.387 e. The van der Waals surface area contributed by atoms with Crippen molar-refractivity contribution in [2.24, 2.45) is 0 Å². The average molecular weight is 313 g/mol. The van der Waals surface area contributed by atoms with Gasteiger partial charge in [0.1, 0.15) is 23.2 Å². The van der Waals surface area contributed by atoms with Crippen molar-refractivity contribution in [2.75, 3.05) is 13.1 Å². The molecule has 122 valence electrons. The first-order valence-corrected chi connectivity index (χ1v) is 7.58. The van der Waals surface area contributed by atoms with E-state index in [1.165, 1.54) is 6.07 Å². The highest BCUT2D eigenvalue weighted by Crippen LogP contribution is 2.45. The number of halogens is 2. The summed E-state index contributed by atoms with van der Waals surface area (Å²) < 4.78 is 35.2. The Hall–Kier alpha value is -1.40. The number of alkyl halides is 2. The molecule has 0 bridgehead atoms. The molecule has 0 radical (unpaired) electrons. The number of nitrogens with zero attached hydrogens (tertiary/aromatic N) is 1. The number of rotatable bonds is 3. The molecule has 0 unspecified atom stereocenters. The van der Waals surface area contributed by atoms with E-state index in [0.29, 0.717) is 11.3 Å². The van der Waals surface area contributed by atoms with E-state index >= 15 is 0 Å². The molecule has 4 nitrogen and oxygen atoms in total. The number of aliphatic hydroxyl groups is 1. The fourth-order valence-electron chi connectivity index (χ4n) is 3.34. The lowest BCUT2D eigenvalue weighted by molar-refractivity contribution is -0.0901. The van der Waals surface area contributed by atoms with Gasteiger partial charge in [-0.05, 0) is 58.0 Å². The van der Waals surface area contributed by atoms with Gasteiger partial charge in [0.15, 0.2) is 0 Å². The monoisotopic (exact) mass is 313 g/mol. The third-order valence-corrected chi connectivity index (χ3v) is 4.44. The van der Waals surface area contributed by atoms with Crippen LogP contribution in [-0.4, -0.2) is 41.4 Å². The molecule has 2 aliphatic heterocycles. The molecule has 3 rings (SSSR count). The maximum Gasteiger partial charge on any atom is 0.387 e. The number of hydrogen-bond acceptors (Lipinski definition) is 4. The summed E-state index contributed by atoms with van der Waals surface area (Å²) in [5, 5.41) is 10.7. The Balaban J connectivity index is 2.00. The molecule has 1 saturated heterocycles. The van der Waals surface area contributed by atoms with E-state index in [0.717, 1.165) is 25.9 Å². The van der Waals surface area contributed by atoms with Crippen molar-refractivity contribution in [3.63, 3.8) is 0 Å². The SMILES string of the molecule is CC1(C)Oc2ccc(OC(F)F)cc2[C@@H](N2CCCC2)[C@@H]1O. The molecule has 6 heteroatoms. The number of ether oxygens (including phenoxy) is 2. The van der Waals surface area contributed by atoms with E-state index in [2.05, 4.69) is 9.64 Å². The minimum atomic E-state index is -2.87. The van der Waals surface area contributed by atoms with Crippen LogP contribution in [0.25, 0.3) is 0 Å². The van der Waals surface area contributed by atoms with E-state index in [9.17, 15) is 13.9 Å². The minimum Gasteiger partial charge on any atom is -0.485 e. The van der Waals surface area contributed by atoms with Crippen LogP contribution < -0.4 is 9.47 Å². The molecule has 0 aliphatic carbocycles. The van der Waals surface area contributed by atoms with Gasteiger partial charge in [0.05, 0.1) is 6.04 Å². The third-order valence-electron chi connectivity index (χ3n) is 4.44. The van der Waals surface area contributed by atoms with Crippen molar-refractivity contribution in [3.8, 4) is 11.5 Å². The topological polar surface area (TPSA) is 41.9 Å². The molecule has 0 aromatic heterocycles. The van der Waals surface area contributed by atoms with Crippen LogP contribution in [0.1, 0.15) is 38.3 Å². The first-order valence-electron chi connectivity index (χ1n) is 7.58. The molecule has 1 fully saturated rings. The lowest BCUT2D eigenvalue weighted by atomic mass is 9.85. The number of fused-ring (bicyclic) bond motifs is 1. The van der Waals surface area contributed by atoms with Crippen LogP contribution >= 0.6 is 0 Å². The van der Waals surface area contributed by atoms with E-state index < -0.39 is 18.3 Å². The normalized spacial score (nSPS) is 27.5. The molecule has 1 aromatic rings. The van der Waals surface area contributed by atoms with Crippen LogP contribution in [0.15, 0.2) is 18.2 Å². The highest BCUT2D eigenvalue weighted by molar-refractivity contribution is 5.45. The summed E-state index contributed by atoms with van der Waals surface area (Å²) in [5.41, 5.74) is -0.0161. The Kier molecular flexibility index (Phi) is 3.99. The zero-order chi connectivity index (χ0) is 15.9. The van der Waals surface area contributed by atoms with Crippen LogP contribution in [0.4, 0.5) is 8.78 Å². The predicted molar refractivity (Wildman–Crippen MR) is 77.3 cm³/mol. The standard InChI is InChI=1S/C16H21F2NO3/c1-16(2)14(20)13(19-7-3-4-8-19)11-9-10(21-15(17)18)5-6-12(11)22-16/h5-6,9,13-15,20H,3-4,7-8H2,1-2H3/t13-,14+/m1/s1. The second-order valence-electron chi connectivity index (χ2n) is 6.42. The largest absolute Gasteiger partial charge is 0.485 e. The number of hydrogen-bond donors (Lipinski definition) is 1. The minimum absolute atomic E-state index is 0.0912. The van der Waals surface area contributed by atoms with Crippen molar-refractivity contribution < 1.29 is 23.4 Å². The summed E-state index contributed by atoms with van der Waals surface area (Å²) in [6.07, 6.45) is 1.42. The summed E-state index contributed by atoms with van der Waals surface area (Å²) in [7, 11) is 0. The summed E-state index contributed by atoms with van der Waals surface area (Å²) in [6.45, 7) is 2.59. The first-order chi connectivity index (χ1) is 10.4. The van der Waals surface area contributed by atoms with Gasteiger partial charge in [-0.3, -0.25) is 4.90 Å². The van der Waals surface area contributed by atoms with Crippen LogP contribution in [0.3, 0.4) is 0 Å². The van der Waals surface area contributed by atoms with E-state index in [1.807, 2.05) is 13.8 Å². The molecular formula is C16H21F2NO3. The molecule has 2 aliphatic rings. The third kappa shape index (κ3) is 2.77. The quantitative estimate of drug-likeness (QED) is 0.931.